The topological polar surface area (TPSA) is 43.4 Å². The molecule has 3 nitrogen and oxygen atoms in total. The second-order valence-electron chi connectivity index (χ2n) is 9.35. The first-order chi connectivity index (χ1) is 17.8. The Bertz CT molecular complexity index is 1070. The highest BCUT2D eigenvalue weighted by atomic mass is 32.2. The van der Waals surface area contributed by atoms with E-state index in [9.17, 15) is 87.4 Å². The van der Waals surface area contributed by atoms with Crippen molar-refractivity contribution >= 4 is 18.4 Å². The summed E-state index contributed by atoms with van der Waals surface area (Å²) in [5, 5.41) is 0. The van der Waals surface area contributed by atoms with Crippen LogP contribution in [0.5, 0.6) is 0 Å². The average molecular weight is 710 g/mol. The predicted molar refractivity (Wildman–Crippen MR) is 102 cm³/mol. The van der Waals surface area contributed by atoms with E-state index in [2.05, 4.69) is 3.87 Å². The van der Waals surface area contributed by atoms with Crippen molar-refractivity contribution in [3.63, 3.8) is 0 Å². The minimum atomic E-state index is -8.95. The Labute approximate surface area is 223 Å². The number of alkyl halides is 20. The zero-order valence-corrected chi connectivity index (χ0v) is 22.7. The Morgan fingerprint density at radius 1 is 0.500 bits per heavy atom. The van der Waals surface area contributed by atoms with Crippen LogP contribution >= 0.6 is 0 Å². The van der Waals surface area contributed by atoms with Crippen LogP contribution in [0.2, 0.25) is 11.1 Å². The zero-order chi connectivity index (χ0) is 34.9. The third-order valence-electron chi connectivity index (χ3n) is 6.02. The third kappa shape index (κ3) is 5.12. The number of hydrogen-bond donors (Lipinski definition) is 0. The summed E-state index contributed by atoms with van der Waals surface area (Å²) >= 11 is 0. The van der Waals surface area contributed by atoms with Gasteiger partial charge in [-0.05, 0) is 18.0 Å². The highest BCUT2D eigenvalue weighted by Gasteiger charge is 2.96. The number of halogens is 20. The molecule has 0 spiro atoms. The molecule has 0 aliphatic carbocycles. The molecular formula is C17H18F20O3SSi. The lowest BCUT2D eigenvalue weighted by Crippen LogP contribution is -2.79. The molecule has 0 fully saturated rings. The van der Waals surface area contributed by atoms with Crippen LogP contribution in [0, 0.1) is 0 Å². The molecule has 0 rings (SSSR count). The van der Waals surface area contributed by atoms with Gasteiger partial charge in [-0.15, -0.1) is 0 Å². The van der Waals surface area contributed by atoms with Gasteiger partial charge in [0.2, 0.25) is 0 Å². The first-order valence-electron chi connectivity index (χ1n) is 10.5. The molecule has 0 amide bonds. The molecule has 42 heavy (non-hydrogen) atoms. The van der Waals surface area contributed by atoms with E-state index in [-0.39, 0.29) is 27.7 Å². The van der Waals surface area contributed by atoms with Gasteiger partial charge in [0.25, 0.3) is 0 Å². The Morgan fingerprint density at radius 2 is 0.762 bits per heavy atom. The predicted octanol–water partition coefficient (Wildman–Crippen LogP) is 8.60. The molecule has 0 aromatic rings. The molecule has 0 aromatic carbocycles. The minimum Gasteiger partial charge on any atom is -0.300 e. The quantitative estimate of drug-likeness (QED) is 0.109. The minimum absolute atomic E-state index is 0.0991. The van der Waals surface area contributed by atoms with Gasteiger partial charge in [0.1, 0.15) is 0 Å². The van der Waals surface area contributed by atoms with Crippen LogP contribution in [0.15, 0.2) is 0 Å². The van der Waals surface area contributed by atoms with Crippen LogP contribution in [0.25, 0.3) is 0 Å². The maximum Gasteiger partial charge on any atom is 0.522 e. The largest absolute Gasteiger partial charge is 0.522 e. The molecular weight excluding hydrogens is 692 g/mol. The van der Waals surface area contributed by atoms with Gasteiger partial charge in [-0.1, -0.05) is 27.7 Å². The van der Waals surface area contributed by atoms with Crippen LogP contribution in [0.1, 0.15) is 34.6 Å². The van der Waals surface area contributed by atoms with Crippen LogP contribution in [0.3, 0.4) is 0 Å². The summed E-state index contributed by atoms with van der Waals surface area (Å²) in [6.07, 6.45) is -4.65. The summed E-state index contributed by atoms with van der Waals surface area (Å²) in [5.41, 5.74) is -19.8. The van der Waals surface area contributed by atoms with Crippen molar-refractivity contribution < 1.29 is 100 Å². The molecule has 0 bridgehead atoms. The molecule has 1 atom stereocenters. The first kappa shape index (κ1) is 40.7. The first-order valence-corrected chi connectivity index (χ1v) is 13.9. The van der Waals surface area contributed by atoms with Crippen molar-refractivity contribution in [2.45, 2.75) is 104 Å². The van der Waals surface area contributed by atoms with E-state index in [4.69, 9.17) is 0 Å². The molecule has 0 aromatic heterocycles. The van der Waals surface area contributed by atoms with Gasteiger partial charge in [-0.3, -0.25) is 0 Å². The highest BCUT2D eigenvalue weighted by Crippen LogP contribution is 2.66. The zero-order valence-electron chi connectivity index (χ0n) is 20.9. The lowest BCUT2D eigenvalue weighted by atomic mass is 9.88. The van der Waals surface area contributed by atoms with E-state index in [0.29, 0.717) is 0 Å². The average Bonchev–Trinajstić information content (AvgIpc) is 2.74. The summed E-state index contributed by atoms with van der Waals surface area (Å²) < 4.78 is 303. The van der Waals surface area contributed by atoms with Crippen molar-refractivity contribution in [3.8, 4) is 0 Å². The molecule has 0 radical (unpaired) electrons. The van der Waals surface area contributed by atoms with Crippen molar-refractivity contribution in [3.05, 3.63) is 0 Å². The van der Waals surface area contributed by atoms with E-state index < -0.39 is 95.1 Å². The van der Waals surface area contributed by atoms with E-state index in [0.717, 1.165) is 0 Å². The van der Waals surface area contributed by atoms with Crippen molar-refractivity contribution in [1.29, 1.82) is 0 Å². The Hall–Kier alpha value is -1.27. The normalized spacial score (nSPS) is 17.3. The second-order valence-corrected chi connectivity index (χ2v) is 15.9. The Kier molecular flexibility index (Phi) is 10.3. The van der Waals surface area contributed by atoms with Gasteiger partial charge in [-0.25, -0.2) is 13.2 Å². The Morgan fingerprint density at radius 3 is 1.00 bits per heavy atom. The molecule has 1 unspecified atom stereocenters. The summed E-state index contributed by atoms with van der Waals surface area (Å²) in [6, 6.07) is 0. The van der Waals surface area contributed by atoms with Crippen LogP contribution in [-0.2, 0) is 14.0 Å². The fraction of sp³-hybridized carbons (Fsp3) is 1.00. The smallest absolute Gasteiger partial charge is 0.300 e. The fourth-order valence-corrected chi connectivity index (χ4v) is 10.8. The molecule has 254 valence electrons. The van der Waals surface area contributed by atoms with Crippen LogP contribution in [0.4, 0.5) is 87.8 Å². The molecule has 0 aliphatic heterocycles. The maximum absolute atomic E-state index is 15.2. The monoisotopic (exact) mass is 710 g/mol. The summed E-state index contributed by atoms with van der Waals surface area (Å²) in [7, 11) is -14.9. The van der Waals surface area contributed by atoms with Gasteiger partial charge in [0, 0.05) is 0 Å². The summed E-state index contributed by atoms with van der Waals surface area (Å²) in [6.45, 7) is -0.353. The van der Waals surface area contributed by atoms with E-state index in [1.807, 2.05) is 0 Å². The van der Waals surface area contributed by atoms with Crippen molar-refractivity contribution in [2.24, 2.45) is 0 Å². The van der Waals surface area contributed by atoms with E-state index in [1.54, 1.807) is 0 Å². The maximum atomic E-state index is 15.2. The summed E-state index contributed by atoms with van der Waals surface area (Å²) in [4.78, 5) is 0. The summed E-state index contributed by atoms with van der Waals surface area (Å²) in [5.74, 6) is -59.0. The highest BCUT2D eigenvalue weighted by molar-refractivity contribution is 7.88. The standard InChI is InChI=1S/C17H18F20O3SSi/c1-6(2)42(7(3)4,40-41(38,39)17(35,36)37)16(33,34)15(31,32)14(29,30)13(27,28)12(25,26)11(23,24)10(21,22)9(19,20)8(5)18/h6-8H,1-5H3. The molecule has 25 heteroatoms. The lowest BCUT2D eigenvalue weighted by Gasteiger charge is -2.49. The van der Waals surface area contributed by atoms with E-state index >= 15 is 8.78 Å². The SMILES string of the molecule is CC(F)C(F)(F)C(F)(F)C(F)(F)C(F)(F)C(F)(F)C(F)(F)C(F)(F)C(F)(F)[Si](OS(=O)(=O)C(F)(F)F)(C(C)C)C(C)C. The molecule has 0 saturated heterocycles. The lowest BCUT2D eigenvalue weighted by molar-refractivity contribution is -0.452. The van der Waals surface area contributed by atoms with Gasteiger partial charge in [0.15, 0.2) is 6.17 Å². The van der Waals surface area contributed by atoms with Crippen LogP contribution < -0.4 is 0 Å². The Balaban J connectivity index is 7.66. The van der Waals surface area contributed by atoms with Gasteiger partial charge >= 0.3 is 70.9 Å². The van der Waals surface area contributed by atoms with Gasteiger partial charge in [-0.2, -0.15) is 83.1 Å². The van der Waals surface area contributed by atoms with E-state index in [1.165, 1.54) is 0 Å². The van der Waals surface area contributed by atoms with Crippen molar-refractivity contribution in [1.82, 2.24) is 0 Å². The third-order valence-corrected chi connectivity index (χ3v) is 13.3. The number of hydrogen-bond acceptors (Lipinski definition) is 3. The van der Waals surface area contributed by atoms with Gasteiger partial charge < -0.3 is 3.87 Å². The fourth-order valence-electron chi connectivity index (χ4n) is 3.56. The molecule has 0 aliphatic rings. The van der Waals surface area contributed by atoms with Gasteiger partial charge in [0.05, 0.1) is 0 Å². The van der Waals surface area contributed by atoms with Crippen molar-refractivity contribution in [2.75, 3.05) is 0 Å². The second kappa shape index (κ2) is 10.7. The molecule has 0 saturated carbocycles. The van der Waals surface area contributed by atoms with Crippen LogP contribution in [-0.4, -0.2) is 75.4 Å². The molecule has 0 heterocycles. The number of rotatable bonds is 13. The molecule has 0 N–H and O–H groups in total.